The Kier molecular flexibility index (Phi) is 5.08. The van der Waals surface area contributed by atoms with E-state index in [1.807, 2.05) is 6.92 Å². The lowest BCUT2D eigenvalue weighted by Crippen LogP contribution is -2.07. The van der Waals surface area contributed by atoms with Gasteiger partial charge in [-0.2, -0.15) is 0 Å². The molecule has 1 aromatic heterocycles. The van der Waals surface area contributed by atoms with Crippen molar-refractivity contribution in [1.29, 1.82) is 0 Å². The van der Waals surface area contributed by atoms with E-state index in [0.29, 0.717) is 33.9 Å². The van der Waals surface area contributed by atoms with Crippen molar-refractivity contribution in [3.63, 3.8) is 0 Å². The van der Waals surface area contributed by atoms with Gasteiger partial charge in [-0.05, 0) is 35.0 Å². The number of rotatable bonds is 5. The number of nitrogens with one attached hydrogen (secondary N) is 1. The fraction of sp³-hybridized carbons (Fsp3) is 0.286. The lowest BCUT2D eigenvalue weighted by molar-refractivity contribution is 0.181. The standard InChI is InChI=1S/C14H15BrFN3O2/c1-3-17-14-12(15)11(7-21-2)18-13(19-14)8-4-9(16)6-10(20)5-8/h4-6,20H,3,7H2,1-2H3,(H,17,18,19). The van der Waals surface area contributed by atoms with E-state index in [1.165, 1.54) is 12.1 Å². The van der Waals surface area contributed by atoms with Gasteiger partial charge in [0.2, 0.25) is 0 Å². The first-order valence-corrected chi connectivity index (χ1v) is 7.13. The largest absolute Gasteiger partial charge is 0.508 e. The number of halogens is 2. The summed E-state index contributed by atoms with van der Waals surface area (Å²) in [5, 5.41) is 12.6. The van der Waals surface area contributed by atoms with E-state index >= 15 is 0 Å². The highest BCUT2D eigenvalue weighted by atomic mass is 79.9. The first-order chi connectivity index (χ1) is 10.0. The van der Waals surface area contributed by atoms with Crippen LogP contribution < -0.4 is 5.32 Å². The van der Waals surface area contributed by atoms with Gasteiger partial charge in [0.25, 0.3) is 0 Å². The smallest absolute Gasteiger partial charge is 0.162 e. The average molecular weight is 356 g/mol. The molecule has 2 N–H and O–H groups in total. The SMILES string of the molecule is CCNc1nc(-c2cc(O)cc(F)c2)nc(COC)c1Br. The Hall–Kier alpha value is -1.73. The molecular weight excluding hydrogens is 341 g/mol. The van der Waals surface area contributed by atoms with Crippen molar-refractivity contribution in [2.24, 2.45) is 0 Å². The highest BCUT2D eigenvalue weighted by molar-refractivity contribution is 9.10. The summed E-state index contributed by atoms with van der Waals surface area (Å²) in [7, 11) is 1.56. The van der Waals surface area contributed by atoms with Crippen molar-refractivity contribution in [3.05, 3.63) is 34.2 Å². The Labute approximate surface area is 130 Å². The molecule has 112 valence electrons. The molecule has 2 rings (SSSR count). The molecule has 2 aromatic rings. The summed E-state index contributed by atoms with van der Waals surface area (Å²) >= 11 is 3.43. The van der Waals surface area contributed by atoms with Crippen LogP contribution in [0.5, 0.6) is 5.75 Å². The molecule has 7 heteroatoms. The summed E-state index contributed by atoms with van der Waals surface area (Å²) in [6, 6.07) is 3.72. The molecule has 0 unspecified atom stereocenters. The Balaban J connectivity index is 2.56. The third-order valence-corrected chi connectivity index (χ3v) is 3.52. The van der Waals surface area contributed by atoms with Gasteiger partial charge in [0, 0.05) is 25.3 Å². The zero-order chi connectivity index (χ0) is 15.4. The van der Waals surface area contributed by atoms with Crippen LogP contribution in [-0.4, -0.2) is 28.7 Å². The summed E-state index contributed by atoms with van der Waals surface area (Å²) in [5.41, 5.74) is 1.04. The van der Waals surface area contributed by atoms with Crippen molar-refractivity contribution >= 4 is 21.7 Å². The molecule has 0 saturated heterocycles. The predicted octanol–water partition coefficient (Wildman–Crippen LogP) is 3.33. The number of methoxy groups -OCH3 is 1. The van der Waals surface area contributed by atoms with E-state index < -0.39 is 5.82 Å². The Bertz CT molecular complexity index is 605. The van der Waals surface area contributed by atoms with Gasteiger partial charge in [-0.1, -0.05) is 0 Å². The van der Waals surface area contributed by atoms with Crippen LogP contribution in [0.15, 0.2) is 22.7 Å². The second-order valence-electron chi connectivity index (χ2n) is 4.32. The van der Waals surface area contributed by atoms with Crippen LogP contribution in [-0.2, 0) is 11.3 Å². The molecule has 5 nitrogen and oxygen atoms in total. The zero-order valence-corrected chi connectivity index (χ0v) is 13.2. The molecule has 0 radical (unpaired) electrons. The minimum absolute atomic E-state index is 0.171. The minimum atomic E-state index is -0.546. The molecule has 0 fully saturated rings. The van der Waals surface area contributed by atoms with Crippen LogP contribution in [0.1, 0.15) is 12.6 Å². The molecule has 0 aliphatic rings. The molecule has 0 atom stereocenters. The maximum absolute atomic E-state index is 13.4. The van der Waals surface area contributed by atoms with Gasteiger partial charge in [0.1, 0.15) is 17.4 Å². The molecular formula is C14H15BrFN3O2. The third-order valence-electron chi connectivity index (χ3n) is 2.69. The second kappa shape index (κ2) is 6.82. The number of hydrogen-bond acceptors (Lipinski definition) is 5. The van der Waals surface area contributed by atoms with Gasteiger partial charge < -0.3 is 15.2 Å². The zero-order valence-electron chi connectivity index (χ0n) is 11.7. The van der Waals surface area contributed by atoms with Crippen LogP contribution in [0.4, 0.5) is 10.2 Å². The van der Waals surface area contributed by atoms with Crippen molar-refractivity contribution in [3.8, 4) is 17.1 Å². The number of nitrogens with zero attached hydrogens (tertiary/aromatic N) is 2. The molecule has 0 aliphatic heterocycles. The first-order valence-electron chi connectivity index (χ1n) is 6.34. The predicted molar refractivity (Wildman–Crippen MR) is 81.7 cm³/mol. The third kappa shape index (κ3) is 3.68. The van der Waals surface area contributed by atoms with E-state index in [1.54, 1.807) is 7.11 Å². The number of phenolic OH excluding ortho intramolecular Hbond substituents is 1. The van der Waals surface area contributed by atoms with Crippen LogP contribution in [0.2, 0.25) is 0 Å². The molecule has 0 bridgehead atoms. The lowest BCUT2D eigenvalue weighted by Gasteiger charge is -2.12. The van der Waals surface area contributed by atoms with Gasteiger partial charge in [0.05, 0.1) is 16.8 Å². The molecule has 1 heterocycles. The number of phenols is 1. The second-order valence-corrected chi connectivity index (χ2v) is 5.11. The highest BCUT2D eigenvalue weighted by Gasteiger charge is 2.14. The molecule has 0 saturated carbocycles. The van der Waals surface area contributed by atoms with Crippen LogP contribution in [0.3, 0.4) is 0 Å². The molecule has 0 aliphatic carbocycles. The van der Waals surface area contributed by atoms with Crippen LogP contribution >= 0.6 is 15.9 Å². The van der Waals surface area contributed by atoms with E-state index in [0.717, 1.165) is 6.07 Å². The first kappa shape index (κ1) is 15.7. The van der Waals surface area contributed by atoms with E-state index in [2.05, 4.69) is 31.2 Å². The van der Waals surface area contributed by atoms with Crippen molar-refractivity contribution in [2.75, 3.05) is 19.0 Å². The van der Waals surface area contributed by atoms with E-state index in [4.69, 9.17) is 4.74 Å². The molecule has 21 heavy (non-hydrogen) atoms. The Morgan fingerprint density at radius 1 is 1.33 bits per heavy atom. The highest BCUT2D eigenvalue weighted by Crippen LogP contribution is 2.29. The minimum Gasteiger partial charge on any atom is -0.508 e. The summed E-state index contributed by atoms with van der Waals surface area (Å²) in [6.45, 7) is 2.91. The number of aromatic nitrogens is 2. The van der Waals surface area contributed by atoms with Gasteiger partial charge >= 0.3 is 0 Å². The van der Waals surface area contributed by atoms with Crippen molar-refractivity contribution in [2.45, 2.75) is 13.5 Å². The van der Waals surface area contributed by atoms with Gasteiger partial charge in [-0.3, -0.25) is 0 Å². The van der Waals surface area contributed by atoms with Gasteiger partial charge in [0.15, 0.2) is 5.82 Å². The number of aromatic hydroxyl groups is 1. The summed E-state index contributed by atoms with van der Waals surface area (Å²) in [4.78, 5) is 8.71. The van der Waals surface area contributed by atoms with Crippen molar-refractivity contribution in [1.82, 2.24) is 9.97 Å². The monoisotopic (exact) mass is 355 g/mol. The maximum Gasteiger partial charge on any atom is 0.162 e. The number of anilines is 1. The number of benzene rings is 1. The molecule has 1 aromatic carbocycles. The lowest BCUT2D eigenvalue weighted by atomic mass is 10.2. The molecule has 0 amide bonds. The topological polar surface area (TPSA) is 67.3 Å². The van der Waals surface area contributed by atoms with Gasteiger partial charge in [-0.15, -0.1) is 0 Å². The molecule has 0 spiro atoms. The fourth-order valence-electron chi connectivity index (χ4n) is 1.84. The van der Waals surface area contributed by atoms with Gasteiger partial charge in [-0.25, -0.2) is 14.4 Å². The number of hydrogen-bond donors (Lipinski definition) is 2. The van der Waals surface area contributed by atoms with E-state index in [9.17, 15) is 9.50 Å². The van der Waals surface area contributed by atoms with Crippen LogP contribution in [0, 0.1) is 5.82 Å². The quantitative estimate of drug-likeness (QED) is 0.860. The Morgan fingerprint density at radius 3 is 2.71 bits per heavy atom. The fourth-order valence-corrected chi connectivity index (χ4v) is 2.27. The average Bonchev–Trinajstić information content (AvgIpc) is 2.42. The summed E-state index contributed by atoms with van der Waals surface area (Å²) in [6.07, 6.45) is 0. The normalized spacial score (nSPS) is 10.7. The number of ether oxygens (including phenoxy) is 1. The summed E-state index contributed by atoms with van der Waals surface area (Å²) < 4.78 is 19.2. The Morgan fingerprint density at radius 2 is 2.10 bits per heavy atom. The summed E-state index contributed by atoms with van der Waals surface area (Å²) in [5.74, 6) is 0.193. The maximum atomic E-state index is 13.4. The van der Waals surface area contributed by atoms with E-state index in [-0.39, 0.29) is 12.4 Å². The van der Waals surface area contributed by atoms with Crippen molar-refractivity contribution < 1.29 is 14.2 Å². The van der Waals surface area contributed by atoms with Crippen LogP contribution in [0.25, 0.3) is 11.4 Å².